The van der Waals surface area contributed by atoms with Crippen LogP contribution < -0.4 is 5.32 Å². The third-order valence-corrected chi connectivity index (χ3v) is 4.12. The SMILES string of the molecule is CC(C)c1noc(CCNC(=O)N2CCC(C(C)O)CC2)n1. The fourth-order valence-corrected chi connectivity index (χ4v) is 2.58. The second kappa shape index (κ2) is 7.58. The molecular weight excluding hydrogens is 284 g/mol. The van der Waals surface area contributed by atoms with E-state index in [-0.39, 0.29) is 18.1 Å². The first-order valence-corrected chi connectivity index (χ1v) is 8.00. The van der Waals surface area contributed by atoms with E-state index in [9.17, 15) is 9.90 Å². The molecule has 0 radical (unpaired) electrons. The molecule has 2 heterocycles. The number of carbonyl (C=O) groups excluding carboxylic acids is 1. The van der Waals surface area contributed by atoms with E-state index in [4.69, 9.17) is 4.52 Å². The summed E-state index contributed by atoms with van der Waals surface area (Å²) in [6.07, 6.45) is 1.95. The Morgan fingerprint density at radius 2 is 2.09 bits per heavy atom. The number of aliphatic hydroxyl groups is 1. The van der Waals surface area contributed by atoms with Crippen LogP contribution in [-0.4, -0.2) is 51.9 Å². The van der Waals surface area contributed by atoms with Crippen molar-refractivity contribution in [1.82, 2.24) is 20.4 Å². The first kappa shape index (κ1) is 16.7. The van der Waals surface area contributed by atoms with Gasteiger partial charge in [-0.25, -0.2) is 4.79 Å². The van der Waals surface area contributed by atoms with Crippen molar-refractivity contribution in [3.63, 3.8) is 0 Å². The lowest BCUT2D eigenvalue weighted by atomic mass is 9.92. The molecule has 1 aliphatic heterocycles. The summed E-state index contributed by atoms with van der Waals surface area (Å²) in [4.78, 5) is 18.1. The van der Waals surface area contributed by atoms with Gasteiger partial charge in [0.2, 0.25) is 5.89 Å². The highest BCUT2D eigenvalue weighted by Crippen LogP contribution is 2.20. The summed E-state index contributed by atoms with van der Waals surface area (Å²) in [7, 11) is 0. The molecule has 2 amide bonds. The van der Waals surface area contributed by atoms with Crippen molar-refractivity contribution in [2.24, 2.45) is 5.92 Å². The zero-order valence-electron chi connectivity index (χ0n) is 13.6. The zero-order chi connectivity index (χ0) is 16.1. The molecule has 1 aromatic heterocycles. The summed E-state index contributed by atoms with van der Waals surface area (Å²) >= 11 is 0. The normalized spacial score (nSPS) is 17.8. The number of carbonyl (C=O) groups is 1. The van der Waals surface area contributed by atoms with Gasteiger partial charge in [-0.05, 0) is 25.7 Å². The molecule has 0 aromatic carbocycles. The van der Waals surface area contributed by atoms with Gasteiger partial charge in [0.15, 0.2) is 5.82 Å². The molecule has 1 saturated heterocycles. The number of aromatic nitrogens is 2. The maximum Gasteiger partial charge on any atom is 0.317 e. The summed E-state index contributed by atoms with van der Waals surface area (Å²) < 4.78 is 5.14. The number of amides is 2. The Bertz CT molecular complexity index is 479. The monoisotopic (exact) mass is 310 g/mol. The first-order valence-electron chi connectivity index (χ1n) is 8.00. The Morgan fingerprint density at radius 1 is 1.41 bits per heavy atom. The van der Waals surface area contributed by atoms with E-state index in [2.05, 4.69) is 15.5 Å². The van der Waals surface area contributed by atoms with Gasteiger partial charge >= 0.3 is 6.03 Å². The van der Waals surface area contributed by atoms with Crippen LogP contribution in [0.25, 0.3) is 0 Å². The Kier molecular flexibility index (Phi) is 5.76. The van der Waals surface area contributed by atoms with Crippen LogP contribution in [0, 0.1) is 5.92 Å². The van der Waals surface area contributed by atoms with Gasteiger partial charge in [0.25, 0.3) is 0 Å². The Morgan fingerprint density at radius 3 is 2.64 bits per heavy atom. The lowest BCUT2D eigenvalue weighted by Crippen LogP contribution is -2.46. The molecule has 0 aliphatic carbocycles. The number of likely N-dealkylation sites (tertiary alicyclic amines) is 1. The molecule has 0 saturated carbocycles. The smallest absolute Gasteiger partial charge is 0.317 e. The van der Waals surface area contributed by atoms with E-state index in [0.717, 1.165) is 12.8 Å². The number of nitrogens with zero attached hydrogens (tertiary/aromatic N) is 3. The Balaban J connectivity index is 1.69. The van der Waals surface area contributed by atoms with Gasteiger partial charge in [0, 0.05) is 32.0 Å². The van der Waals surface area contributed by atoms with E-state index >= 15 is 0 Å². The average molecular weight is 310 g/mol. The maximum absolute atomic E-state index is 12.1. The molecule has 1 aromatic rings. The molecule has 0 bridgehead atoms. The number of urea groups is 1. The lowest BCUT2D eigenvalue weighted by Gasteiger charge is -2.33. The van der Waals surface area contributed by atoms with Crippen LogP contribution in [-0.2, 0) is 6.42 Å². The van der Waals surface area contributed by atoms with Gasteiger partial charge in [-0.3, -0.25) is 0 Å². The first-order chi connectivity index (χ1) is 10.5. The van der Waals surface area contributed by atoms with Crippen LogP contribution in [0.4, 0.5) is 4.79 Å². The van der Waals surface area contributed by atoms with Gasteiger partial charge < -0.3 is 19.8 Å². The number of rotatable bonds is 5. The van der Waals surface area contributed by atoms with Crippen molar-refractivity contribution in [2.75, 3.05) is 19.6 Å². The topological polar surface area (TPSA) is 91.5 Å². The third kappa shape index (κ3) is 4.43. The van der Waals surface area contributed by atoms with Crippen molar-refractivity contribution in [1.29, 1.82) is 0 Å². The van der Waals surface area contributed by atoms with Gasteiger partial charge in [0.1, 0.15) is 0 Å². The number of hydrogen-bond donors (Lipinski definition) is 2. The van der Waals surface area contributed by atoms with E-state index in [1.54, 1.807) is 4.90 Å². The van der Waals surface area contributed by atoms with Crippen LogP contribution in [0.3, 0.4) is 0 Å². The fraction of sp³-hybridized carbons (Fsp3) is 0.800. The minimum Gasteiger partial charge on any atom is -0.393 e. The van der Waals surface area contributed by atoms with Crippen LogP contribution in [0.5, 0.6) is 0 Å². The van der Waals surface area contributed by atoms with Crippen LogP contribution in [0.1, 0.15) is 51.2 Å². The predicted molar refractivity (Wildman–Crippen MR) is 81.5 cm³/mol. The number of nitrogens with one attached hydrogen (secondary N) is 1. The number of aliphatic hydroxyl groups excluding tert-OH is 1. The molecule has 1 unspecified atom stereocenters. The number of piperidine rings is 1. The van der Waals surface area contributed by atoms with Crippen LogP contribution in [0.2, 0.25) is 0 Å². The van der Waals surface area contributed by atoms with Crippen molar-refractivity contribution in [2.45, 2.75) is 52.1 Å². The zero-order valence-corrected chi connectivity index (χ0v) is 13.6. The molecule has 1 atom stereocenters. The number of hydrogen-bond acceptors (Lipinski definition) is 5. The molecule has 2 rings (SSSR count). The van der Waals surface area contributed by atoms with Crippen molar-refractivity contribution in [3.05, 3.63) is 11.7 Å². The maximum atomic E-state index is 12.1. The summed E-state index contributed by atoms with van der Waals surface area (Å²) in [5.74, 6) is 1.79. The minimum absolute atomic E-state index is 0.0624. The highest BCUT2D eigenvalue weighted by atomic mass is 16.5. The van der Waals surface area contributed by atoms with Crippen LogP contribution >= 0.6 is 0 Å². The molecule has 1 aliphatic rings. The standard InChI is InChI=1S/C15H26N4O3/c1-10(2)14-17-13(22-18-14)4-7-16-15(21)19-8-5-12(6-9-19)11(3)20/h10-12,20H,4-9H2,1-3H3,(H,16,21). The van der Waals surface area contributed by atoms with E-state index in [0.29, 0.717) is 43.7 Å². The van der Waals surface area contributed by atoms with Crippen molar-refractivity contribution < 1.29 is 14.4 Å². The van der Waals surface area contributed by atoms with Crippen molar-refractivity contribution >= 4 is 6.03 Å². The van der Waals surface area contributed by atoms with Gasteiger partial charge in [0.05, 0.1) is 6.10 Å². The Labute approximate surface area is 131 Å². The predicted octanol–water partition coefficient (Wildman–Crippen LogP) is 1.54. The highest BCUT2D eigenvalue weighted by molar-refractivity contribution is 5.74. The Hall–Kier alpha value is -1.63. The van der Waals surface area contributed by atoms with Gasteiger partial charge in [-0.1, -0.05) is 19.0 Å². The van der Waals surface area contributed by atoms with Crippen LogP contribution in [0.15, 0.2) is 4.52 Å². The summed E-state index contributed by atoms with van der Waals surface area (Å²) in [6, 6.07) is -0.0624. The largest absolute Gasteiger partial charge is 0.393 e. The highest BCUT2D eigenvalue weighted by Gasteiger charge is 2.25. The summed E-state index contributed by atoms with van der Waals surface area (Å²) in [5.41, 5.74) is 0. The van der Waals surface area contributed by atoms with E-state index < -0.39 is 0 Å². The second-order valence-electron chi connectivity index (χ2n) is 6.25. The fourth-order valence-electron chi connectivity index (χ4n) is 2.58. The second-order valence-corrected chi connectivity index (χ2v) is 6.25. The van der Waals surface area contributed by atoms with E-state index in [1.807, 2.05) is 20.8 Å². The average Bonchev–Trinajstić information content (AvgIpc) is 2.96. The lowest BCUT2D eigenvalue weighted by molar-refractivity contribution is 0.0798. The molecule has 7 nitrogen and oxygen atoms in total. The molecule has 2 N–H and O–H groups in total. The molecular formula is C15H26N4O3. The molecule has 0 spiro atoms. The molecule has 22 heavy (non-hydrogen) atoms. The summed E-state index contributed by atoms with van der Waals surface area (Å²) in [5, 5.41) is 16.3. The van der Waals surface area contributed by atoms with E-state index in [1.165, 1.54) is 0 Å². The molecule has 7 heteroatoms. The van der Waals surface area contributed by atoms with Crippen molar-refractivity contribution in [3.8, 4) is 0 Å². The van der Waals surface area contributed by atoms with Gasteiger partial charge in [-0.15, -0.1) is 0 Å². The quantitative estimate of drug-likeness (QED) is 0.860. The third-order valence-electron chi connectivity index (χ3n) is 4.12. The minimum atomic E-state index is -0.294. The summed E-state index contributed by atoms with van der Waals surface area (Å²) in [6.45, 7) is 7.70. The van der Waals surface area contributed by atoms with Gasteiger partial charge in [-0.2, -0.15) is 4.98 Å². The molecule has 1 fully saturated rings. The molecule has 124 valence electrons.